The maximum Gasteiger partial charge on any atom is 0.173 e. The Hall–Kier alpha value is -1.26. The van der Waals surface area contributed by atoms with Gasteiger partial charge in [0.15, 0.2) is 5.78 Å². The maximum absolute atomic E-state index is 12.3. The second-order valence-electron chi connectivity index (χ2n) is 4.32. The molecule has 0 aliphatic carbocycles. The monoisotopic (exact) mass is 350 g/mol. The molecular formula is C16H15BrO2S. The number of carbonyl (C=O) groups excluding carboxylic acids is 1. The molecule has 4 heteroatoms. The molecule has 0 unspecified atom stereocenters. The van der Waals surface area contributed by atoms with Crippen molar-refractivity contribution in [3.05, 3.63) is 58.1 Å². The Kier molecular flexibility index (Phi) is 5.26. The summed E-state index contributed by atoms with van der Waals surface area (Å²) in [5, 5.41) is 0. The first-order valence-corrected chi connectivity index (χ1v) is 7.95. The lowest BCUT2D eigenvalue weighted by Gasteiger charge is -2.08. The van der Waals surface area contributed by atoms with Gasteiger partial charge in [-0.05, 0) is 58.7 Å². The molecule has 0 N–H and O–H groups in total. The summed E-state index contributed by atoms with van der Waals surface area (Å²) in [4.78, 5) is 13.3. The molecule has 0 heterocycles. The third-order valence-electron chi connectivity index (χ3n) is 2.93. The maximum atomic E-state index is 12.3. The van der Waals surface area contributed by atoms with E-state index in [1.807, 2.05) is 49.4 Å². The molecule has 104 valence electrons. The highest BCUT2D eigenvalue weighted by molar-refractivity contribution is 9.10. The highest BCUT2D eigenvalue weighted by Crippen LogP contribution is 2.28. The topological polar surface area (TPSA) is 26.3 Å². The smallest absolute Gasteiger partial charge is 0.173 e. The molecule has 0 aromatic heterocycles. The number of hydrogen-bond donors (Lipinski definition) is 0. The van der Waals surface area contributed by atoms with Gasteiger partial charge in [0.25, 0.3) is 0 Å². The quantitative estimate of drug-likeness (QED) is 0.575. The van der Waals surface area contributed by atoms with E-state index < -0.39 is 0 Å². The fourth-order valence-electron chi connectivity index (χ4n) is 1.86. The first-order chi connectivity index (χ1) is 9.61. The van der Waals surface area contributed by atoms with Crippen molar-refractivity contribution in [1.29, 1.82) is 0 Å². The van der Waals surface area contributed by atoms with Gasteiger partial charge in [-0.3, -0.25) is 4.79 Å². The second kappa shape index (κ2) is 6.95. The Morgan fingerprint density at radius 2 is 2.00 bits per heavy atom. The number of thioether (sulfide) groups is 1. The average Bonchev–Trinajstić information content (AvgIpc) is 2.46. The van der Waals surface area contributed by atoms with E-state index >= 15 is 0 Å². The minimum Gasteiger partial charge on any atom is -0.497 e. The summed E-state index contributed by atoms with van der Waals surface area (Å²) in [6, 6.07) is 13.4. The van der Waals surface area contributed by atoms with E-state index in [9.17, 15) is 4.79 Å². The number of benzene rings is 2. The predicted molar refractivity (Wildman–Crippen MR) is 86.9 cm³/mol. The van der Waals surface area contributed by atoms with Crippen molar-refractivity contribution in [3.8, 4) is 5.75 Å². The van der Waals surface area contributed by atoms with Gasteiger partial charge in [-0.25, -0.2) is 0 Å². The van der Waals surface area contributed by atoms with E-state index in [1.54, 1.807) is 18.9 Å². The summed E-state index contributed by atoms with van der Waals surface area (Å²) in [6.45, 7) is 1.93. The second-order valence-corrected chi connectivity index (χ2v) is 6.19. The Balaban J connectivity index is 2.07. The summed E-state index contributed by atoms with van der Waals surface area (Å²) in [5.41, 5.74) is 1.70. The van der Waals surface area contributed by atoms with Crippen LogP contribution in [0.1, 0.15) is 15.9 Å². The lowest BCUT2D eigenvalue weighted by molar-refractivity contribution is 0.102. The molecular weight excluding hydrogens is 336 g/mol. The van der Waals surface area contributed by atoms with Crippen LogP contribution in [0.4, 0.5) is 0 Å². The van der Waals surface area contributed by atoms with Gasteiger partial charge in [0.1, 0.15) is 5.75 Å². The molecule has 0 fully saturated rings. The van der Waals surface area contributed by atoms with Crippen molar-refractivity contribution >= 4 is 33.5 Å². The summed E-state index contributed by atoms with van der Waals surface area (Å²) in [5.74, 6) is 1.33. The number of rotatable bonds is 5. The van der Waals surface area contributed by atoms with Crippen molar-refractivity contribution in [1.82, 2.24) is 0 Å². The average molecular weight is 351 g/mol. The van der Waals surface area contributed by atoms with Crippen LogP contribution in [0, 0.1) is 6.92 Å². The molecule has 0 amide bonds. The highest BCUT2D eigenvalue weighted by Gasteiger charge is 2.11. The van der Waals surface area contributed by atoms with Gasteiger partial charge < -0.3 is 4.74 Å². The Morgan fingerprint density at radius 3 is 2.65 bits per heavy atom. The van der Waals surface area contributed by atoms with Crippen LogP contribution in [0.2, 0.25) is 0 Å². The molecule has 0 bridgehead atoms. The van der Waals surface area contributed by atoms with Crippen LogP contribution in [0.15, 0.2) is 51.8 Å². The van der Waals surface area contributed by atoms with E-state index in [2.05, 4.69) is 15.9 Å². The summed E-state index contributed by atoms with van der Waals surface area (Å²) in [7, 11) is 1.62. The molecule has 20 heavy (non-hydrogen) atoms. The van der Waals surface area contributed by atoms with Crippen LogP contribution in [0.25, 0.3) is 0 Å². The van der Waals surface area contributed by atoms with Crippen molar-refractivity contribution in [3.63, 3.8) is 0 Å². The van der Waals surface area contributed by atoms with Crippen LogP contribution < -0.4 is 4.74 Å². The van der Waals surface area contributed by atoms with Crippen LogP contribution >= 0.6 is 27.7 Å². The summed E-state index contributed by atoms with van der Waals surface area (Å²) >= 11 is 5.03. The molecule has 2 nitrogen and oxygen atoms in total. The molecule has 0 saturated heterocycles. The van der Waals surface area contributed by atoms with E-state index in [1.165, 1.54) is 0 Å². The number of ether oxygens (including phenoxy) is 1. The van der Waals surface area contributed by atoms with Gasteiger partial charge in [-0.15, -0.1) is 11.8 Å². The molecule has 2 aromatic carbocycles. The van der Waals surface area contributed by atoms with E-state index in [0.29, 0.717) is 5.75 Å². The molecule has 0 aliphatic rings. The van der Waals surface area contributed by atoms with Crippen molar-refractivity contribution in [2.24, 2.45) is 0 Å². The van der Waals surface area contributed by atoms with Crippen LogP contribution in [0.5, 0.6) is 5.75 Å². The summed E-state index contributed by atoms with van der Waals surface area (Å²) < 4.78 is 6.17. The number of ketones is 1. The van der Waals surface area contributed by atoms with Gasteiger partial charge in [0.2, 0.25) is 0 Å². The zero-order valence-corrected chi connectivity index (χ0v) is 13.8. The minimum absolute atomic E-state index is 0.130. The van der Waals surface area contributed by atoms with Gasteiger partial charge >= 0.3 is 0 Å². The minimum atomic E-state index is 0.130. The van der Waals surface area contributed by atoms with Crippen LogP contribution in [-0.4, -0.2) is 18.6 Å². The standard InChI is InChI=1S/C16H15BrO2S/c1-11-9-12(19-2)7-8-13(11)15(18)10-20-16-6-4-3-5-14(16)17/h3-9H,10H2,1-2H3. The van der Waals surface area contributed by atoms with Gasteiger partial charge in [-0.2, -0.15) is 0 Å². The first kappa shape index (κ1) is 15.1. The molecule has 2 rings (SSSR count). The van der Waals surface area contributed by atoms with Crippen LogP contribution in [0.3, 0.4) is 0 Å². The number of halogens is 1. The van der Waals surface area contributed by atoms with Crippen molar-refractivity contribution < 1.29 is 9.53 Å². The normalized spacial score (nSPS) is 10.3. The van der Waals surface area contributed by atoms with Crippen LogP contribution in [-0.2, 0) is 0 Å². The Labute approximate surface area is 131 Å². The number of hydrogen-bond acceptors (Lipinski definition) is 3. The fraction of sp³-hybridized carbons (Fsp3) is 0.188. The molecule has 0 atom stereocenters. The SMILES string of the molecule is COc1ccc(C(=O)CSc2ccccc2Br)c(C)c1. The van der Waals surface area contributed by atoms with E-state index in [4.69, 9.17) is 4.74 Å². The Bertz CT molecular complexity index is 626. The molecule has 2 aromatic rings. The molecule has 0 spiro atoms. The highest BCUT2D eigenvalue weighted by atomic mass is 79.9. The molecule has 0 aliphatic heterocycles. The predicted octanol–water partition coefficient (Wildman–Crippen LogP) is 4.74. The largest absolute Gasteiger partial charge is 0.497 e. The zero-order chi connectivity index (χ0) is 14.5. The third kappa shape index (κ3) is 3.64. The van der Waals surface area contributed by atoms with E-state index in [-0.39, 0.29) is 5.78 Å². The lowest BCUT2D eigenvalue weighted by Crippen LogP contribution is -2.05. The number of carbonyl (C=O) groups is 1. The molecule has 0 radical (unpaired) electrons. The first-order valence-electron chi connectivity index (χ1n) is 6.17. The third-order valence-corrected chi connectivity index (χ3v) is 4.96. The van der Waals surface area contributed by atoms with Crippen molar-refractivity contribution in [2.45, 2.75) is 11.8 Å². The van der Waals surface area contributed by atoms with Crippen molar-refractivity contribution in [2.75, 3.05) is 12.9 Å². The summed E-state index contributed by atoms with van der Waals surface area (Å²) in [6.07, 6.45) is 0. The fourth-order valence-corrected chi connectivity index (χ4v) is 3.31. The van der Waals surface area contributed by atoms with Gasteiger partial charge in [-0.1, -0.05) is 12.1 Å². The Morgan fingerprint density at radius 1 is 1.25 bits per heavy atom. The van der Waals surface area contributed by atoms with Gasteiger partial charge in [0.05, 0.1) is 12.9 Å². The zero-order valence-electron chi connectivity index (χ0n) is 11.4. The number of methoxy groups -OCH3 is 1. The number of Topliss-reactive ketones (excluding diaryl/α,β-unsaturated/α-hetero) is 1. The van der Waals surface area contributed by atoms with Gasteiger partial charge in [0, 0.05) is 14.9 Å². The molecule has 0 saturated carbocycles. The lowest BCUT2D eigenvalue weighted by atomic mass is 10.1. The van der Waals surface area contributed by atoms with E-state index in [0.717, 1.165) is 26.2 Å². The number of aryl methyl sites for hydroxylation is 1.